The summed E-state index contributed by atoms with van der Waals surface area (Å²) < 4.78 is 7.07. The maximum absolute atomic E-state index is 12.3. The van der Waals surface area contributed by atoms with Gasteiger partial charge in [-0.3, -0.25) is 14.4 Å². The van der Waals surface area contributed by atoms with Crippen molar-refractivity contribution in [3.05, 3.63) is 35.5 Å². The Balaban J connectivity index is 1.32. The van der Waals surface area contributed by atoms with Crippen molar-refractivity contribution in [2.75, 3.05) is 13.1 Å². The summed E-state index contributed by atoms with van der Waals surface area (Å²) in [7, 11) is 1.81. The molecular formula is C17H23N5O2. The maximum Gasteiger partial charge on any atom is 0.254 e. The van der Waals surface area contributed by atoms with Gasteiger partial charge in [-0.15, -0.1) is 0 Å². The highest BCUT2D eigenvalue weighted by Gasteiger charge is 2.28. The Morgan fingerprint density at radius 1 is 1.42 bits per heavy atom. The first kappa shape index (κ1) is 15.4. The molecule has 4 rings (SSSR count). The van der Waals surface area contributed by atoms with Gasteiger partial charge in [-0.2, -0.15) is 5.10 Å². The SMILES string of the molecule is Cn1cc(C(=O)NC2CCCN(Cc3cc(C4CC4)on3)C2)cn1. The number of likely N-dealkylation sites (tertiary alicyclic amines) is 1. The summed E-state index contributed by atoms with van der Waals surface area (Å²) >= 11 is 0. The van der Waals surface area contributed by atoms with Crippen LogP contribution in [0.25, 0.3) is 0 Å². The van der Waals surface area contributed by atoms with E-state index in [1.165, 1.54) is 12.8 Å². The van der Waals surface area contributed by atoms with Gasteiger partial charge in [-0.1, -0.05) is 5.16 Å². The standard InChI is InChI=1S/C17H23N5O2/c1-21-9-13(8-18-21)17(23)19-14-3-2-6-22(10-14)11-15-7-16(24-20-15)12-4-5-12/h7-9,12,14H,2-6,10-11H2,1H3,(H,19,23). The summed E-state index contributed by atoms with van der Waals surface area (Å²) in [4.78, 5) is 14.6. The molecular weight excluding hydrogens is 306 g/mol. The number of amides is 1. The van der Waals surface area contributed by atoms with Crippen molar-refractivity contribution in [2.45, 2.75) is 44.2 Å². The van der Waals surface area contributed by atoms with Crippen molar-refractivity contribution < 1.29 is 9.32 Å². The summed E-state index contributed by atoms with van der Waals surface area (Å²) in [6.45, 7) is 2.66. The second-order valence-electron chi connectivity index (χ2n) is 6.95. The largest absolute Gasteiger partial charge is 0.361 e. The minimum absolute atomic E-state index is 0.0487. The Morgan fingerprint density at radius 3 is 3.04 bits per heavy atom. The Kier molecular flexibility index (Phi) is 4.10. The number of nitrogens with zero attached hydrogens (tertiary/aromatic N) is 4. The molecule has 1 atom stereocenters. The molecule has 2 aromatic heterocycles. The number of nitrogens with one attached hydrogen (secondary N) is 1. The number of rotatable bonds is 5. The highest BCUT2D eigenvalue weighted by Crippen LogP contribution is 2.40. The van der Waals surface area contributed by atoms with Crippen LogP contribution in [0.1, 0.15) is 53.4 Å². The molecule has 1 aliphatic carbocycles. The lowest BCUT2D eigenvalue weighted by Crippen LogP contribution is -2.47. The monoisotopic (exact) mass is 329 g/mol. The predicted octanol–water partition coefficient (Wildman–Crippen LogP) is 1.68. The van der Waals surface area contributed by atoms with Crippen LogP contribution in [-0.2, 0) is 13.6 Å². The molecule has 0 radical (unpaired) electrons. The first-order chi connectivity index (χ1) is 11.7. The summed E-state index contributed by atoms with van der Waals surface area (Å²) in [5.41, 5.74) is 1.61. The minimum atomic E-state index is -0.0487. The summed E-state index contributed by atoms with van der Waals surface area (Å²) in [5.74, 6) is 1.58. The molecule has 1 aliphatic heterocycles. The van der Waals surface area contributed by atoms with Crippen LogP contribution in [-0.4, -0.2) is 44.9 Å². The molecule has 2 fully saturated rings. The summed E-state index contributed by atoms with van der Waals surface area (Å²) in [6, 6.07) is 2.26. The molecule has 3 heterocycles. The van der Waals surface area contributed by atoms with E-state index in [1.54, 1.807) is 17.1 Å². The van der Waals surface area contributed by atoms with Gasteiger partial charge in [0.05, 0.1) is 17.5 Å². The van der Waals surface area contributed by atoms with E-state index in [0.717, 1.165) is 43.9 Å². The second kappa shape index (κ2) is 6.39. The maximum atomic E-state index is 12.3. The van der Waals surface area contributed by atoms with E-state index in [1.807, 2.05) is 7.05 Å². The fourth-order valence-corrected chi connectivity index (χ4v) is 3.32. The van der Waals surface area contributed by atoms with Crippen LogP contribution in [0, 0.1) is 0 Å². The Labute approximate surface area is 141 Å². The van der Waals surface area contributed by atoms with Gasteiger partial charge in [0.15, 0.2) is 0 Å². The molecule has 1 unspecified atom stereocenters. The van der Waals surface area contributed by atoms with E-state index in [9.17, 15) is 4.79 Å². The smallest absolute Gasteiger partial charge is 0.254 e. The second-order valence-corrected chi connectivity index (χ2v) is 6.95. The van der Waals surface area contributed by atoms with Crippen molar-refractivity contribution in [1.29, 1.82) is 0 Å². The third kappa shape index (κ3) is 3.51. The Morgan fingerprint density at radius 2 is 2.29 bits per heavy atom. The molecule has 7 heteroatoms. The van der Waals surface area contributed by atoms with Gasteiger partial charge in [0.25, 0.3) is 5.91 Å². The Hall–Kier alpha value is -2.15. The Bertz CT molecular complexity index is 718. The van der Waals surface area contributed by atoms with E-state index >= 15 is 0 Å². The van der Waals surface area contributed by atoms with Crippen LogP contribution in [0.15, 0.2) is 23.0 Å². The van der Waals surface area contributed by atoms with Crippen molar-refractivity contribution in [3.8, 4) is 0 Å². The van der Waals surface area contributed by atoms with Gasteiger partial charge in [0.1, 0.15) is 5.76 Å². The molecule has 1 saturated carbocycles. The first-order valence-electron chi connectivity index (χ1n) is 8.65. The van der Waals surface area contributed by atoms with Crippen LogP contribution in [0.2, 0.25) is 0 Å². The van der Waals surface area contributed by atoms with Crippen LogP contribution in [0.4, 0.5) is 0 Å². The van der Waals surface area contributed by atoms with Crippen molar-refractivity contribution in [1.82, 2.24) is 25.2 Å². The van der Waals surface area contributed by atoms with E-state index in [-0.39, 0.29) is 11.9 Å². The highest BCUT2D eigenvalue weighted by atomic mass is 16.5. The fourth-order valence-electron chi connectivity index (χ4n) is 3.32. The van der Waals surface area contributed by atoms with Gasteiger partial charge in [0.2, 0.25) is 0 Å². The molecule has 1 amide bonds. The van der Waals surface area contributed by atoms with E-state index in [4.69, 9.17) is 4.52 Å². The fraction of sp³-hybridized carbons (Fsp3) is 0.588. The lowest BCUT2D eigenvalue weighted by Gasteiger charge is -2.32. The summed E-state index contributed by atoms with van der Waals surface area (Å²) in [6.07, 6.45) is 7.87. The van der Waals surface area contributed by atoms with Gasteiger partial charge in [-0.05, 0) is 32.2 Å². The van der Waals surface area contributed by atoms with Crippen LogP contribution in [0.5, 0.6) is 0 Å². The van der Waals surface area contributed by atoms with Crippen LogP contribution >= 0.6 is 0 Å². The first-order valence-corrected chi connectivity index (χ1v) is 8.65. The van der Waals surface area contributed by atoms with E-state index in [2.05, 4.69) is 26.5 Å². The summed E-state index contributed by atoms with van der Waals surface area (Å²) in [5, 5.41) is 11.4. The van der Waals surface area contributed by atoms with Gasteiger partial charge in [-0.25, -0.2) is 0 Å². The predicted molar refractivity (Wildman–Crippen MR) is 87.5 cm³/mol. The van der Waals surface area contributed by atoms with Crippen LogP contribution < -0.4 is 5.32 Å². The molecule has 0 bridgehead atoms. The number of aromatic nitrogens is 3. The van der Waals surface area contributed by atoms with Crippen molar-refractivity contribution in [2.24, 2.45) is 7.05 Å². The molecule has 2 aromatic rings. The van der Waals surface area contributed by atoms with E-state index < -0.39 is 0 Å². The third-order valence-corrected chi connectivity index (χ3v) is 4.75. The number of carbonyl (C=O) groups is 1. The molecule has 128 valence electrons. The van der Waals surface area contributed by atoms with Gasteiger partial charge < -0.3 is 9.84 Å². The lowest BCUT2D eigenvalue weighted by molar-refractivity contribution is 0.0899. The minimum Gasteiger partial charge on any atom is -0.361 e. The van der Waals surface area contributed by atoms with Crippen molar-refractivity contribution in [3.63, 3.8) is 0 Å². The number of aryl methyl sites for hydroxylation is 1. The topological polar surface area (TPSA) is 76.2 Å². The number of hydrogen-bond donors (Lipinski definition) is 1. The molecule has 0 aromatic carbocycles. The van der Waals surface area contributed by atoms with Crippen LogP contribution in [0.3, 0.4) is 0 Å². The lowest BCUT2D eigenvalue weighted by atomic mass is 10.0. The normalized spacial score (nSPS) is 21.8. The molecule has 2 aliphatic rings. The molecule has 7 nitrogen and oxygen atoms in total. The van der Waals surface area contributed by atoms with Gasteiger partial charge >= 0.3 is 0 Å². The quantitative estimate of drug-likeness (QED) is 0.903. The van der Waals surface area contributed by atoms with E-state index in [0.29, 0.717) is 11.5 Å². The zero-order valence-corrected chi connectivity index (χ0v) is 13.9. The zero-order chi connectivity index (χ0) is 16.5. The third-order valence-electron chi connectivity index (χ3n) is 4.75. The molecule has 1 N–H and O–H groups in total. The zero-order valence-electron chi connectivity index (χ0n) is 13.9. The highest BCUT2D eigenvalue weighted by molar-refractivity contribution is 5.93. The van der Waals surface area contributed by atoms with Crippen molar-refractivity contribution >= 4 is 5.91 Å². The number of carbonyl (C=O) groups excluding carboxylic acids is 1. The molecule has 24 heavy (non-hydrogen) atoms. The average molecular weight is 329 g/mol. The number of hydrogen-bond acceptors (Lipinski definition) is 5. The average Bonchev–Trinajstić information content (AvgIpc) is 3.16. The molecule has 0 spiro atoms. The van der Waals surface area contributed by atoms with Gasteiger partial charge in [0, 0.05) is 44.4 Å². The molecule has 1 saturated heterocycles. The number of piperidine rings is 1.